The summed E-state index contributed by atoms with van der Waals surface area (Å²) in [6.07, 6.45) is 0.174. The van der Waals surface area contributed by atoms with Crippen LogP contribution in [0.15, 0.2) is 10.6 Å². The molecule has 6 nitrogen and oxygen atoms in total. The highest BCUT2D eigenvalue weighted by atomic mass is 16.5. The standard InChI is InChI=1S/C11H16N2O4/c1-4-16-10(14)5-6-13(3)11(15)9-7-8(2)17-12-9/h7H,4-6H2,1-3H3. The molecule has 0 saturated carbocycles. The molecular formula is C11H16N2O4. The summed E-state index contributed by atoms with van der Waals surface area (Å²) in [5.41, 5.74) is 0.244. The highest BCUT2D eigenvalue weighted by molar-refractivity contribution is 5.92. The van der Waals surface area contributed by atoms with Gasteiger partial charge in [-0.1, -0.05) is 5.16 Å². The molecule has 0 unspecified atom stereocenters. The molecule has 0 radical (unpaired) electrons. The maximum atomic E-state index is 11.8. The first-order valence-electron chi connectivity index (χ1n) is 5.39. The SMILES string of the molecule is CCOC(=O)CCN(C)C(=O)c1cc(C)on1. The van der Waals surface area contributed by atoms with Gasteiger partial charge >= 0.3 is 5.97 Å². The number of rotatable bonds is 5. The van der Waals surface area contributed by atoms with Crippen molar-refractivity contribution in [1.29, 1.82) is 0 Å². The summed E-state index contributed by atoms with van der Waals surface area (Å²) in [7, 11) is 1.60. The van der Waals surface area contributed by atoms with E-state index in [1.165, 1.54) is 4.90 Å². The van der Waals surface area contributed by atoms with Gasteiger partial charge in [0.2, 0.25) is 0 Å². The second-order valence-corrected chi connectivity index (χ2v) is 3.60. The molecule has 0 spiro atoms. The van der Waals surface area contributed by atoms with Gasteiger partial charge in [0.15, 0.2) is 5.69 Å². The number of nitrogens with zero attached hydrogens (tertiary/aromatic N) is 2. The topological polar surface area (TPSA) is 72.6 Å². The third-order valence-electron chi connectivity index (χ3n) is 2.15. The van der Waals surface area contributed by atoms with E-state index in [9.17, 15) is 9.59 Å². The lowest BCUT2D eigenvalue weighted by molar-refractivity contribution is -0.143. The lowest BCUT2D eigenvalue weighted by Gasteiger charge is -2.14. The number of amides is 1. The van der Waals surface area contributed by atoms with Gasteiger partial charge in [0.05, 0.1) is 13.0 Å². The molecule has 0 aliphatic rings. The van der Waals surface area contributed by atoms with E-state index in [2.05, 4.69) is 5.16 Å². The van der Waals surface area contributed by atoms with Gasteiger partial charge in [0, 0.05) is 19.7 Å². The molecule has 0 bridgehead atoms. The molecule has 1 aromatic heterocycles. The number of esters is 1. The maximum absolute atomic E-state index is 11.8. The van der Waals surface area contributed by atoms with Gasteiger partial charge in [-0.15, -0.1) is 0 Å². The van der Waals surface area contributed by atoms with Crippen molar-refractivity contribution in [3.05, 3.63) is 17.5 Å². The smallest absolute Gasteiger partial charge is 0.307 e. The normalized spacial score (nSPS) is 10.1. The molecule has 0 aromatic carbocycles. The van der Waals surface area contributed by atoms with Gasteiger partial charge in [-0.05, 0) is 13.8 Å². The van der Waals surface area contributed by atoms with Gasteiger partial charge in [0.1, 0.15) is 5.76 Å². The zero-order valence-corrected chi connectivity index (χ0v) is 10.2. The van der Waals surface area contributed by atoms with Gasteiger partial charge in [-0.25, -0.2) is 0 Å². The van der Waals surface area contributed by atoms with Crippen molar-refractivity contribution in [2.24, 2.45) is 0 Å². The number of carbonyl (C=O) groups excluding carboxylic acids is 2. The Morgan fingerprint density at radius 3 is 2.76 bits per heavy atom. The summed E-state index contributed by atoms with van der Waals surface area (Å²) in [4.78, 5) is 24.3. The van der Waals surface area contributed by atoms with E-state index >= 15 is 0 Å². The first-order chi connectivity index (χ1) is 8.04. The largest absolute Gasteiger partial charge is 0.466 e. The molecule has 0 N–H and O–H groups in total. The summed E-state index contributed by atoms with van der Waals surface area (Å²) in [6, 6.07) is 1.56. The van der Waals surface area contributed by atoms with Crippen LogP contribution in [0.2, 0.25) is 0 Å². The Labute approximate surface area is 99.5 Å². The number of carbonyl (C=O) groups is 2. The molecule has 94 valence electrons. The quantitative estimate of drug-likeness (QED) is 0.718. The van der Waals surface area contributed by atoms with Crippen LogP contribution in [0.3, 0.4) is 0 Å². The monoisotopic (exact) mass is 240 g/mol. The Morgan fingerprint density at radius 1 is 1.53 bits per heavy atom. The molecular weight excluding hydrogens is 224 g/mol. The second kappa shape index (κ2) is 6.03. The first-order valence-corrected chi connectivity index (χ1v) is 5.39. The summed E-state index contributed by atoms with van der Waals surface area (Å²) < 4.78 is 9.58. The third kappa shape index (κ3) is 3.90. The van der Waals surface area contributed by atoms with Crippen molar-refractivity contribution in [1.82, 2.24) is 10.1 Å². The van der Waals surface area contributed by atoms with Crippen molar-refractivity contribution in [3.8, 4) is 0 Å². The van der Waals surface area contributed by atoms with E-state index in [4.69, 9.17) is 9.26 Å². The van der Waals surface area contributed by atoms with Gasteiger partial charge in [0.25, 0.3) is 5.91 Å². The molecule has 0 aliphatic heterocycles. The van der Waals surface area contributed by atoms with Crippen LogP contribution in [0.5, 0.6) is 0 Å². The average molecular weight is 240 g/mol. The van der Waals surface area contributed by atoms with E-state index in [0.29, 0.717) is 18.9 Å². The van der Waals surface area contributed by atoms with Crippen LogP contribution < -0.4 is 0 Å². The predicted octanol–water partition coefficient (Wildman–Crippen LogP) is 1.01. The Balaban J connectivity index is 2.45. The lowest BCUT2D eigenvalue weighted by Crippen LogP contribution is -2.29. The Kier molecular flexibility index (Phi) is 4.68. The van der Waals surface area contributed by atoms with Crippen molar-refractivity contribution < 1.29 is 18.8 Å². The van der Waals surface area contributed by atoms with Crippen LogP contribution >= 0.6 is 0 Å². The summed E-state index contributed by atoms with van der Waals surface area (Å²) in [5.74, 6) is -0.0122. The highest BCUT2D eigenvalue weighted by Gasteiger charge is 2.16. The molecule has 0 saturated heterocycles. The molecule has 17 heavy (non-hydrogen) atoms. The maximum Gasteiger partial charge on any atom is 0.307 e. The fraction of sp³-hybridized carbons (Fsp3) is 0.545. The van der Waals surface area contributed by atoms with Crippen LogP contribution in [-0.2, 0) is 9.53 Å². The van der Waals surface area contributed by atoms with Crippen molar-refractivity contribution in [3.63, 3.8) is 0 Å². The highest BCUT2D eigenvalue weighted by Crippen LogP contribution is 2.05. The van der Waals surface area contributed by atoms with E-state index < -0.39 is 0 Å². The van der Waals surface area contributed by atoms with Crippen LogP contribution in [-0.4, -0.2) is 42.1 Å². The Bertz CT molecular complexity index is 400. The number of hydrogen-bond acceptors (Lipinski definition) is 5. The first kappa shape index (κ1) is 13.2. The fourth-order valence-corrected chi connectivity index (χ4v) is 1.26. The number of aryl methyl sites for hydroxylation is 1. The molecule has 6 heteroatoms. The minimum atomic E-state index is -0.316. The zero-order chi connectivity index (χ0) is 12.8. The zero-order valence-electron chi connectivity index (χ0n) is 10.2. The second-order valence-electron chi connectivity index (χ2n) is 3.60. The van der Waals surface area contributed by atoms with E-state index in [1.54, 1.807) is 27.0 Å². The molecule has 1 heterocycles. The van der Waals surface area contributed by atoms with Gasteiger partial charge in [-0.3, -0.25) is 9.59 Å². The van der Waals surface area contributed by atoms with Crippen LogP contribution in [0.25, 0.3) is 0 Å². The molecule has 1 amide bonds. The van der Waals surface area contributed by atoms with Crippen molar-refractivity contribution in [2.45, 2.75) is 20.3 Å². The Morgan fingerprint density at radius 2 is 2.24 bits per heavy atom. The van der Waals surface area contributed by atoms with Gasteiger partial charge < -0.3 is 14.2 Å². The number of hydrogen-bond donors (Lipinski definition) is 0. The number of aromatic nitrogens is 1. The van der Waals surface area contributed by atoms with Crippen molar-refractivity contribution in [2.75, 3.05) is 20.2 Å². The summed E-state index contributed by atoms with van der Waals surface area (Å²) in [5, 5.41) is 3.62. The molecule has 0 fully saturated rings. The van der Waals surface area contributed by atoms with Crippen LogP contribution in [0.1, 0.15) is 29.6 Å². The third-order valence-corrected chi connectivity index (χ3v) is 2.15. The minimum absolute atomic E-state index is 0.174. The molecule has 0 atom stereocenters. The predicted molar refractivity (Wildman–Crippen MR) is 59.5 cm³/mol. The van der Waals surface area contributed by atoms with E-state index in [-0.39, 0.29) is 24.0 Å². The molecule has 1 aromatic rings. The van der Waals surface area contributed by atoms with E-state index in [0.717, 1.165) is 0 Å². The van der Waals surface area contributed by atoms with Gasteiger partial charge in [-0.2, -0.15) is 0 Å². The summed E-state index contributed by atoms with van der Waals surface area (Å²) in [6.45, 7) is 4.09. The lowest BCUT2D eigenvalue weighted by atomic mass is 10.3. The summed E-state index contributed by atoms with van der Waals surface area (Å²) >= 11 is 0. The van der Waals surface area contributed by atoms with E-state index in [1.807, 2.05) is 0 Å². The minimum Gasteiger partial charge on any atom is -0.466 e. The van der Waals surface area contributed by atoms with Crippen LogP contribution in [0.4, 0.5) is 0 Å². The van der Waals surface area contributed by atoms with Crippen molar-refractivity contribution >= 4 is 11.9 Å². The fourth-order valence-electron chi connectivity index (χ4n) is 1.26. The Hall–Kier alpha value is -1.85. The molecule has 1 rings (SSSR count). The van der Waals surface area contributed by atoms with Crippen LogP contribution in [0, 0.1) is 6.92 Å². The number of ether oxygens (including phenoxy) is 1. The average Bonchev–Trinajstić information content (AvgIpc) is 2.72. The molecule has 0 aliphatic carbocycles.